The Labute approximate surface area is 131 Å². The monoisotopic (exact) mass is 291 g/mol. The van der Waals surface area contributed by atoms with Gasteiger partial charge in [0.1, 0.15) is 0 Å². The van der Waals surface area contributed by atoms with E-state index in [1.54, 1.807) is 0 Å². The first-order chi connectivity index (χ1) is 10.2. The van der Waals surface area contributed by atoms with Gasteiger partial charge in [-0.05, 0) is 76.2 Å². The molecule has 0 atom stereocenters. The molecule has 1 aromatic rings. The van der Waals surface area contributed by atoms with Gasteiger partial charge in [0, 0.05) is 5.69 Å². The number of nitrogens with zero attached hydrogens (tertiary/aromatic N) is 2. The van der Waals surface area contributed by atoms with Crippen LogP contribution in [0.2, 0.25) is 0 Å². The van der Waals surface area contributed by atoms with Crippen LogP contribution in [0.15, 0.2) is 24.3 Å². The normalized spacial score (nSPS) is 11.5. The molecule has 0 aliphatic rings. The fourth-order valence-corrected chi connectivity index (χ4v) is 2.74. The minimum atomic E-state index is 0.874. The highest BCUT2D eigenvalue weighted by molar-refractivity contribution is 5.40. The number of benzene rings is 1. The van der Waals surface area contributed by atoms with E-state index in [9.17, 15) is 0 Å². The summed E-state index contributed by atoms with van der Waals surface area (Å²) < 4.78 is 0. The van der Waals surface area contributed by atoms with Crippen molar-refractivity contribution < 1.29 is 0 Å². The smallest absolute Gasteiger partial charge is 0.0316 e. The highest BCUT2D eigenvalue weighted by Crippen LogP contribution is 2.09. The molecule has 0 fully saturated rings. The molecular formula is C18H33N3. The van der Waals surface area contributed by atoms with Crippen molar-refractivity contribution in [2.45, 2.75) is 40.0 Å². The van der Waals surface area contributed by atoms with Gasteiger partial charge in [-0.15, -0.1) is 0 Å². The number of hydrogen-bond donors (Lipinski definition) is 1. The lowest BCUT2D eigenvalue weighted by molar-refractivity contribution is 0.242. The third kappa shape index (κ3) is 7.49. The number of anilines is 1. The lowest BCUT2D eigenvalue weighted by Crippen LogP contribution is -2.30. The van der Waals surface area contributed by atoms with E-state index < -0.39 is 0 Å². The number of rotatable bonds is 11. The van der Waals surface area contributed by atoms with Crippen molar-refractivity contribution in [2.24, 2.45) is 0 Å². The highest BCUT2D eigenvalue weighted by Gasteiger charge is 2.04. The first-order valence-electron chi connectivity index (χ1n) is 8.48. The zero-order valence-electron chi connectivity index (χ0n) is 14.1. The lowest BCUT2D eigenvalue weighted by Gasteiger charge is -2.23. The summed E-state index contributed by atoms with van der Waals surface area (Å²) in [4.78, 5) is 5.07. The molecule has 0 bridgehead atoms. The van der Waals surface area contributed by atoms with E-state index in [4.69, 9.17) is 5.73 Å². The van der Waals surface area contributed by atoms with Crippen LogP contribution < -0.4 is 5.73 Å². The van der Waals surface area contributed by atoms with E-state index in [2.05, 4.69) is 42.7 Å². The summed E-state index contributed by atoms with van der Waals surface area (Å²) in [6, 6.07) is 8.27. The van der Waals surface area contributed by atoms with Gasteiger partial charge in [-0.2, -0.15) is 0 Å². The highest BCUT2D eigenvalue weighted by atomic mass is 15.1. The van der Waals surface area contributed by atoms with Crippen molar-refractivity contribution in [1.82, 2.24) is 9.80 Å². The van der Waals surface area contributed by atoms with E-state index >= 15 is 0 Å². The van der Waals surface area contributed by atoms with Gasteiger partial charge in [0.05, 0.1) is 0 Å². The van der Waals surface area contributed by atoms with Crippen LogP contribution in [0.3, 0.4) is 0 Å². The standard InChI is InChI=1S/C18H33N3/c1-4-20(5-2)14-9-15-21(6-3)13-8-11-17-10-7-12-18(19)16-17/h7,10,12,16H,4-6,8-9,11,13-15,19H2,1-3H3. The van der Waals surface area contributed by atoms with Crippen molar-refractivity contribution >= 4 is 5.69 Å². The van der Waals surface area contributed by atoms with Crippen LogP contribution in [0.5, 0.6) is 0 Å². The summed E-state index contributed by atoms with van der Waals surface area (Å²) >= 11 is 0. The molecule has 1 aromatic carbocycles. The van der Waals surface area contributed by atoms with Crippen molar-refractivity contribution in [3.05, 3.63) is 29.8 Å². The number of hydrogen-bond acceptors (Lipinski definition) is 3. The van der Waals surface area contributed by atoms with Gasteiger partial charge < -0.3 is 15.5 Å². The van der Waals surface area contributed by atoms with Crippen molar-refractivity contribution in [2.75, 3.05) is 45.0 Å². The Morgan fingerprint density at radius 3 is 2.10 bits per heavy atom. The minimum absolute atomic E-state index is 0.874. The van der Waals surface area contributed by atoms with Crippen molar-refractivity contribution in [3.63, 3.8) is 0 Å². The molecule has 21 heavy (non-hydrogen) atoms. The minimum Gasteiger partial charge on any atom is -0.399 e. The maximum Gasteiger partial charge on any atom is 0.0316 e. The molecule has 120 valence electrons. The molecule has 1 rings (SSSR count). The van der Waals surface area contributed by atoms with Gasteiger partial charge in [0.2, 0.25) is 0 Å². The maximum absolute atomic E-state index is 5.82. The van der Waals surface area contributed by atoms with Crippen LogP contribution in [-0.4, -0.2) is 49.1 Å². The maximum atomic E-state index is 5.82. The Morgan fingerprint density at radius 1 is 0.857 bits per heavy atom. The van der Waals surface area contributed by atoms with E-state index in [0.717, 1.165) is 31.7 Å². The van der Waals surface area contributed by atoms with E-state index in [-0.39, 0.29) is 0 Å². The molecule has 0 spiro atoms. The molecule has 0 amide bonds. The lowest BCUT2D eigenvalue weighted by atomic mass is 10.1. The van der Waals surface area contributed by atoms with E-state index in [0.29, 0.717) is 0 Å². The molecule has 0 aromatic heterocycles. The fourth-order valence-electron chi connectivity index (χ4n) is 2.74. The van der Waals surface area contributed by atoms with Gasteiger partial charge in [0.25, 0.3) is 0 Å². The molecule has 0 aliphatic carbocycles. The molecule has 3 heteroatoms. The molecule has 3 nitrogen and oxygen atoms in total. The predicted molar refractivity (Wildman–Crippen MR) is 93.7 cm³/mol. The first kappa shape index (κ1) is 18.0. The number of nitrogen functional groups attached to an aromatic ring is 1. The Morgan fingerprint density at radius 2 is 1.48 bits per heavy atom. The van der Waals surface area contributed by atoms with Crippen LogP contribution >= 0.6 is 0 Å². The summed E-state index contributed by atoms with van der Waals surface area (Å²) in [6.45, 7) is 13.8. The summed E-state index contributed by atoms with van der Waals surface area (Å²) in [5.41, 5.74) is 8.05. The van der Waals surface area contributed by atoms with E-state index in [1.165, 1.54) is 38.0 Å². The Bertz CT molecular complexity index is 374. The Hall–Kier alpha value is -1.06. The second kappa shape index (κ2) is 10.6. The van der Waals surface area contributed by atoms with Crippen LogP contribution in [-0.2, 0) is 6.42 Å². The average Bonchev–Trinajstić information content (AvgIpc) is 2.50. The Kier molecular flexibility index (Phi) is 9.11. The molecule has 0 radical (unpaired) electrons. The quantitative estimate of drug-likeness (QED) is 0.635. The van der Waals surface area contributed by atoms with Crippen LogP contribution in [0.4, 0.5) is 5.69 Å². The topological polar surface area (TPSA) is 32.5 Å². The van der Waals surface area contributed by atoms with Gasteiger partial charge in [0.15, 0.2) is 0 Å². The molecule has 0 heterocycles. The molecule has 0 saturated heterocycles. The second-order valence-electron chi connectivity index (χ2n) is 5.66. The average molecular weight is 291 g/mol. The molecule has 0 unspecified atom stereocenters. The summed E-state index contributed by atoms with van der Waals surface area (Å²) in [6.07, 6.45) is 3.61. The predicted octanol–water partition coefficient (Wildman–Crippen LogP) is 3.26. The summed E-state index contributed by atoms with van der Waals surface area (Å²) in [5.74, 6) is 0. The summed E-state index contributed by atoms with van der Waals surface area (Å²) in [5, 5.41) is 0. The van der Waals surface area contributed by atoms with Crippen LogP contribution in [0, 0.1) is 0 Å². The summed E-state index contributed by atoms with van der Waals surface area (Å²) in [7, 11) is 0. The van der Waals surface area contributed by atoms with Crippen LogP contribution in [0.1, 0.15) is 39.2 Å². The van der Waals surface area contributed by atoms with Crippen LogP contribution in [0.25, 0.3) is 0 Å². The largest absolute Gasteiger partial charge is 0.399 e. The van der Waals surface area contributed by atoms with Crippen molar-refractivity contribution in [1.29, 1.82) is 0 Å². The van der Waals surface area contributed by atoms with Gasteiger partial charge in [-0.3, -0.25) is 0 Å². The molecular weight excluding hydrogens is 258 g/mol. The van der Waals surface area contributed by atoms with Gasteiger partial charge >= 0.3 is 0 Å². The number of nitrogens with two attached hydrogens (primary N) is 1. The van der Waals surface area contributed by atoms with Crippen molar-refractivity contribution in [3.8, 4) is 0 Å². The third-order valence-corrected chi connectivity index (χ3v) is 4.18. The number of aryl methyl sites for hydroxylation is 1. The third-order valence-electron chi connectivity index (χ3n) is 4.18. The van der Waals surface area contributed by atoms with Gasteiger partial charge in [-0.25, -0.2) is 0 Å². The Balaban J connectivity index is 2.21. The van der Waals surface area contributed by atoms with Gasteiger partial charge in [-0.1, -0.05) is 32.9 Å². The zero-order valence-corrected chi connectivity index (χ0v) is 14.1. The van der Waals surface area contributed by atoms with E-state index in [1.807, 2.05) is 12.1 Å². The molecule has 0 saturated carbocycles. The second-order valence-corrected chi connectivity index (χ2v) is 5.66. The first-order valence-corrected chi connectivity index (χ1v) is 8.48. The molecule has 2 N–H and O–H groups in total. The zero-order chi connectivity index (χ0) is 15.5. The molecule has 0 aliphatic heterocycles. The SMILES string of the molecule is CCN(CC)CCCN(CC)CCCc1cccc(N)c1. The fraction of sp³-hybridized carbons (Fsp3) is 0.667.